The molecule has 2 rings (SSSR count). The van der Waals surface area contributed by atoms with Crippen LogP contribution >= 0.6 is 11.5 Å². The highest BCUT2D eigenvalue weighted by atomic mass is 32.2. The number of anilines is 2. The molecule has 11 nitrogen and oxygen atoms in total. The van der Waals surface area contributed by atoms with Crippen LogP contribution in [0.15, 0.2) is 23.1 Å². The minimum Gasteiger partial charge on any atom is -0.323 e. The number of rotatable bonds is 5. The van der Waals surface area contributed by atoms with Crippen molar-refractivity contribution in [3.63, 3.8) is 0 Å². The number of nitro groups is 1. The molecule has 13 heteroatoms. The SMILES string of the molecule is NNc1ccc([N+](=O)[O-])cc1S(=O)(=O)Nc1nnns1. The maximum Gasteiger partial charge on any atom is 0.270 e. The Kier molecular flexibility index (Phi) is 3.73. The lowest BCUT2D eigenvalue weighted by atomic mass is 10.3. The van der Waals surface area contributed by atoms with Crippen molar-refractivity contribution in [3.8, 4) is 0 Å². The van der Waals surface area contributed by atoms with Crippen molar-refractivity contribution in [1.29, 1.82) is 0 Å². The molecule has 0 fully saturated rings. The van der Waals surface area contributed by atoms with Crippen molar-refractivity contribution in [2.75, 3.05) is 10.1 Å². The van der Waals surface area contributed by atoms with Gasteiger partial charge in [0.1, 0.15) is 4.90 Å². The highest BCUT2D eigenvalue weighted by Crippen LogP contribution is 2.27. The van der Waals surface area contributed by atoms with Crippen molar-refractivity contribution >= 4 is 38.1 Å². The minimum absolute atomic E-state index is 0.000532. The van der Waals surface area contributed by atoms with E-state index in [2.05, 4.69) is 24.9 Å². The van der Waals surface area contributed by atoms with Crippen LogP contribution in [0.2, 0.25) is 0 Å². The lowest BCUT2D eigenvalue weighted by Gasteiger charge is -2.09. The number of nitrogens with one attached hydrogen (secondary N) is 2. The number of benzene rings is 1. The summed E-state index contributed by atoms with van der Waals surface area (Å²) in [7, 11) is -4.11. The van der Waals surface area contributed by atoms with Gasteiger partial charge in [-0.25, -0.2) is 8.42 Å². The lowest BCUT2D eigenvalue weighted by molar-refractivity contribution is -0.385. The first-order valence-corrected chi connectivity index (χ1v) is 7.12. The van der Waals surface area contributed by atoms with Crippen LogP contribution in [0.4, 0.5) is 16.5 Å². The van der Waals surface area contributed by atoms with E-state index in [0.717, 1.165) is 23.7 Å². The molecule has 0 radical (unpaired) electrons. The summed E-state index contributed by atoms with van der Waals surface area (Å²) >= 11 is 0.720. The molecule has 0 aliphatic carbocycles. The number of nitrogen functional groups attached to an aromatic ring is 1. The van der Waals surface area contributed by atoms with E-state index in [0.29, 0.717) is 0 Å². The molecular weight excluding hydrogens is 310 g/mol. The van der Waals surface area contributed by atoms with E-state index in [1.807, 2.05) is 0 Å². The monoisotopic (exact) mass is 317 g/mol. The molecule has 0 atom stereocenters. The molecule has 1 heterocycles. The average Bonchev–Trinajstić information content (AvgIpc) is 2.90. The maximum absolute atomic E-state index is 12.1. The van der Waals surface area contributed by atoms with E-state index in [-0.39, 0.29) is 21.4 Å². The summed E-state index contributed by atoms with van der Waals surface area (Å²) in [5.41, 5.74) is 1.77. The number of non-ortho nitro benzene ring substituents is 1. The quantitative estimate of drug-likeness (QED) is 0.388. The molecule has 1 aromatic carbocycles. The molecule has 0 aliphatic rings. The fourth-order valence-corrected chi connectivity index (χ4v) is 3.08. The van der Waals surface area contributed by atoms with Gasteiger partial charge in [0.05, 0.1) is 10.6 Å². The summed E-state index contributed by atoms with van der Waals surface area (Å²) in [6, 6.07) is 3.19. The summed E-state index contributed by atoms with van der Waals surface area (Å²) in [4.78, 5) is 9.60. The Balaban J connectivity index is 2.48. The zero-order valence-electron chi connectivity index (χ0n) is 9.55. The third kappa shape index (κ3) is 2.79. The highest BCUT2D eigenvalue weighted by molar-refractivity contribution is 7.93. The third-order valence-corrected chi connectivity index (χ3v) is 4.16. The second-order valence-electron chi connectivity index (χ2n) is 3.35. The fraction of sp³-hybridized carbons (Fsp3) is 0. The van der Waals surface area contributed by atoms with E-state index in [9.17, 15) is 18.5 Å². The van der Waals surface area contributed by atoms with Crippen molar-refractivity contribution < 1.29 is 13.3 Å². The van der Waals surface area contributed by atoms with Crippen molar-refractivity contribution in [2.24, 2.45) is 5.84 Å². The molecule has 0 spiro atoms. The van der Waals surface area contributed by atoms with Crippen molar-refractivity contribution in [3.05, 3.63) is 28.3 Å². The van der Waals surface area contributed by atoms with Gasteiger partial charge in [0.2, 0.25) is 5.13 Å². The first-order valence-electron chi connectivity index (χ1n) is 4.87. The van der Waals surface area contributed by atoms with Crippen LogP contribution in [0.25, 0.3) is 0 Å². The molecule has 2 aromatic rings. The van der Waals surface area contributed by atoms with Crippen LogP contribution in [0, 0.1) is 10.1 Å². The van der Waals surface area contributed by atoms with Gasteiger partial charge < -0.3 is 5.43 Å². The van der Waals surface area contributed by atoms with E-state index in [1.165, 1.54) is 6.07 Å². The van der Waals surface area contributed by atoms with Gasteiger partial charge in [-0.05, 0) is 11.3 Å². The van der Waals surface area contributed by atoms with Gasteiger partial charge in [-0.2, -0.15) is 0 Å². The molecule has 20 heavy (non-hydrogen) atoms. The van der Waals surface area contributed by atoms with Gasteiger partial charge in [-0.1, -0.05) is 9.59 Å². The summed E-state index contributed by atoms with van der Waals surface area (Å²) in [6.07, 6.45) is 0. The van der Waals surface area contributed by atoms with Gasteiger partial charge in [0.25, 0.3) is 15.7 Å². The molecule has 0 saturated heterocycles. The molecular formula is C7H7N7O4S2. The van der Waals surface area contributed by atoms with Gasteiger partial charge in [0.15, 0.2) is 0 Å². The third-order valence-electron chi connectivity index (χ3n) is 2.14. The van der Waals surface area contributed by atoms with Crippen molar-refractivity contribution in [1.82, 2.24) is 14.8 Å². The molecule has 4 N–H and O–H groups in total. The predicted octanol–water partition coefficient (Wildman–Crippen LogP) is -0.0723. The molecule has 106 valence electrons. The van der Waals surface area contributed by atoms with Gasteiger partial charge in [-0.3, -0.25) is 20.7 Å². The Hall–Kier alpha value is -2.38. The summed E-state index contributed by atoms with van der Waals surface area (Å²) in [5, 5.41) is 17.3. The number of hydrogen-bond acceptors (Lipinski definition) is 10. The van der Waals surface area contributed by atoms with Crippen LogP contribution in [0.5, 0.6) is 0 Å². The normalized spacial score (nSPS) is 11.1. The van der Waals surface area contributed by atoms with E-state index in [1.54, 1.807) is 0 Å². The van der Waals surface area contributed by atoms with Gasteiger partial charge in [0, 0.05) is 23.7 Å². The molecule has 1 aromatic heterocycles. The van der Waals surface area contributed by atoms with Gasteiger partial charge in [-0.15, -0.1) is 0 Å². The molecule has 0 amide bonds. The second kappa shape index (κ2) is 5.32. The number of sulfonamides is 1. The summed E-state index contributed by atoms with van der Waals surface area (Å²) in [5.74, 6) is 5.20. The van der Waals surface area contributed by atoms with Crippen LogP contribution in [-0.4, -0.2) is 28.1 Å². The first kappa shape index (κ1) is 14.0. The first-order chi connectivity index (χ1) is 9.44. The van der Waals surface area contributed by atoms with Crippen molar-refractivity contribution in [2.45, 2.75) is 4.90 Å². The van der Waals surface area contributed by atoms with Crippen LogP contribution in [-0.2, 0) is 10.0 Å². The van der Waals surface area contributed by atoms with E-state index >= 15 is 0 Å². The molecule has 0 bridgehead atoms. The number of nitro benzene ring substituents is 1. The second-order valence-corrected chi connectivity index (χ2v) is 5.74. The average molecular weight is 317 g/mol. The summed E-state index contributed by atoms with van der Waals surface area (Å²) in [6.45, 7) is 0. The smallest absolute Gasteiger partial charge is 0.270 e. The number of nitrogens with zero attached hydrogens (tertiary/aromatic N) is 4. The standard InChI is InChI=1S/C7H7N7O4S2/c8-9-5-2-1-4(14(15)16)3-6(5)20(17,18)11-7-10-12-13-19-7/h1-3,9H,8H2,(H,10,11,13). The Bertz CT molecular complexity index is 730. The zero-order valence-corrected chi connectivity index (χ0v) is 11.2. The molecule has 0 saturated carbocycles. The highest BCUT2D eigenvalue weighted by Gasteiger charge is 2.23. The largest absolute Gasteiger partial charge is 0.323 e. The number of nitrogens with two attached hydrogens (primary N) is 1. The lowest BCUT2D eigenvalue weighted by Crippen LogP contribution is -2.17. The summed E-state index contributed by atoms with van der Waals surface area (Å²) < 4.78 is 29.8. The van der Waals surface area contributed by atoms with Crippen LogP contribution < -0.4 is 16.0 Å². The Labute approximate surface area is 116 Å². The van der Waals surface area contributed by atoms with Crippen LogP contribution in [0.1, 0.15) is 0 Å². The number of aromatic nitrogens is 3. The van der Waals surface area contributed by atoms with E-state index < -0.39 is 14.9 Å². The topological polar surface area (TPSA) is 166 Å². The Morgan fingerprint density at radius 3 is 2.70 bits per heavy atom. The number of hydrazine groups is 1. The Morgan fingerprint density at radius 1 is 1.40 bits per heavy atom. The number of hydrogen-bond donors (Lipinski definition) is 3. The van der Waals surface area contributed by atoms with Crippen LogP contribution in [0.3, 0.4) is 0 Å². The van der Waals surface area contributed by atoms with Gasteiger partial charge >= 0.3 is 0 Å². The fourth-order valence-electron chi connectivity index (χ4n) is 1.31. The van der Waals surface area contributed by atoms with E-state index in [4.69, 9.17) is 5.84 Å². The Morgan fingerprint density at radius 2 is 2.15 bits per heavy atom. The maximum atomic E-state index is 12.1. The zero-order chi connectivity index (χ0) is 14.8. The molecule has 0 aliphatic heterocycles. The molecule has 0 unspecified atom stereocenters. The predicted molar refractivity (Wildman–Crippen MR) is 69.4 cm³/mol. The minimum atomic E-state index is -4.11.